The normalized spacial score (nSPS) is 22.3. The summed E-state index contributed by atoms with van der Waals surface area (Å²) in [7, 11) is -1.37. The van der Waals surface area contributed by atoms with Gasteiger partial charge in [0.15, 0.2) is 0 Å². The minimum absolute atomic E-state index is 0.323. The molecule has 0 fully saturated rings. The Morgan fingerprint density at radius 2 is 2.05 bits per heavy atom. The fourth-order valence-corrected chi connectivity index (χ4v) is 5.18. The number of ether oxygens (including phenoxy) is 2. The lowest BCUT2D eigenvalue weighted by Gasteiger charge is -2.38. The zero-order valence-corrected chi connectivity index (χ0v) is 13.6. The summed E-state index contributed by atoms with van der Waals surface area (Å²) in [6, 6.07) is 5.07. The van der Waals surface area contributed by atoms with Crippen LogP contribution in [0, 0.1) is 0 Å². The van der Waals surface area contributed by atoms with Gasteiger partial charge < -0.3 is 14.6 Å². The van der Waals surface area contributed by atoms with Crippen LogP contribution in [0.2, 0.25) is 5.02 Å². The van der Waals surface area contributed by atoms with Crippen LogP contribution in [-0.2, 0) is 30.5 Å². The van der Waals surface area contributed by atoms with Crippen molar-refractivity contribution in [3.05, 3.63) is 34.3 Å². The third kappa shape index (κ3) is 2.59. The summed E-state index contributed by atoms with van der Waals surface area (Å²) in [4.78, 5) is 0. The summed E-state index contributed by atoms with van der Waals surface area (Å²) in [5.41, 5.74) is 0.0170. The van der Waals surface area contributed by atoms with Gasteiger partial charge in [0, 0.05) is 19.2 Å². The molecule has 0 aromatic heterocycles. The maximum Gasteiger partial charge on any atom is 0.263 e. The highest BCUT2D eigenvalue weighted by atomic mass is 35.5. The first kappa shape index (κ1) is 16.7. The summed E-state index contributed by atoms with van der Waals surface area (Å²) in [6.45, 7) is -0.521. The molecule has 1 atom stereocenters. The van der Waals surface area contributed by atoms with E-state index < -0.39 is 26.8 Å². The summed E-state index contributed by atoms with van der Waals surface area (Å²) in [5, 5.41) is 10.5. The van der Waals surface area contributed by atoms with Gasteiger partial charge in [-0.1, -0.05) is 17.7 Å². The van der Waals surface area contributed by atoms with E-state index in [1.165, 1.54) is 14.2 Å². The second kappa shape index (κ2) is 6.22. The lowest BCUT2D eigenvalue weighted by atomic mass is 9.82. The first-order valence-corrected chi connectivity index (χ1v) is 8.54. The van der Waals surface area contributed by atoms with Gasteiger partial charge in [-0.25, -0.2) is 8.42 Å². The van der Waals surface area contributed by atoms with Crippen LogP contribution in [0.15, 0.2) is 18.2 Å². The second-order valence-corrected chi connectivity index (χ2v) is 7.81. The molecular weight excluding hydrogens is 316 g/mol. The van der Waals surface area contributed by atoms with E-state index in [1.807, 2.05) is 0 Å². The Balaban J connectivity index is 2.64. The molecule has 2 rings (SSSR count). The molecule has 1 aliphatic carbocycles. The van der Waals surface area contributed by atoms with Crippen molar-refractivity contribution >= 4 is 21.4 Å². The zero-order chi connectivity index (χ0) is 15.7. The lowest BCUT2D eigenvalue weighted by molar-refractivity contribution is -0.0442. The van der Waals surface area contributed by atoms with Crippen molar-refractivity contribution in [1.29, 1.82) is 0 Å². The van der Waals surface area contributed by atoms with Crippen LogP contribution in [0.25, 0.3) is 0 Å². The minimum Gasteiger partial charge on any atom is -0.394 e. The molecule has 1 N–H and O–H groups in total. The van der Waals surface area contributed by atoms with Crippen molar-refractivity contribution in [2.75, 3.05) is 20.8 Å². The Kier molecular flexibility index (Phi) is 4.95. The van der Waals surface area contributed by atoms with Gasteiger partial charge in [-0.2, -0.15) is 0 Å². The van der Waals surface area contributed by atoms with Crippen LogP contribution in [0.4, 0.5) is 0 Å². The first-order chi connectivity index (χ1) is 9.92. The van der Waals surface area contributed by atoms with E-state index in [1.54, 1.807) is 18.2 Å². The first-order valence-electron chi connectivity index (χ1n) is 6.61. The van der Waals surface area contributed by atoms with Gasteiger partial charge >= 0.3 is 0 Å². The largest absolute Gasteiger partial charge is 0.394 e. The molecule has 5 nitrogen and oxygen atoms in total. The predicted octanol–water partition coefficient (Wildman–Crippen LogP) is 1.86. The van der Waals surface area contributed by atoms with Gasteiger partial charge in [-0.3, -0.25) is 0 Å². The highest BCUT2D eigenvalue weighted by molar-refractivity contribution is 7.92. The van der Waals surface area contributed by atoms with Gasteiger partial charge in [0.25, 0.3) is 5.62 Å². The molecule has 0 radical (unpaired) electrons. The number of hydrogen-bond acceptors (Lipinski definition) is 5. The van der Waals surface area contributed by atoms with Crippen molar-refractivity contribution in [2.45, 2.75) is 29.6 Å². The summed E-state index contributed by atoms with van der Waals surface area (Å²) in [6.07, 6.45) is 1.70. The van der Waals surface area contributed by atoms with Gasteiger partial charge in [0.1, 0.15) is 4.75 Å². The van der Waals surface area contributed by atoms with E-state index in [4.69, 9.17) is 21.1 Å². The molecule has 0 saturated carbocycles. The van der Waals surface area contributed by atoms with Crippen molar-refractivity contribution in [3.63, 3.8) is 0 Å². The lowest BCUT2D eigenvalue weighted by Crippen LogP contribution is -2.48. The van der Waals surface area contributed by atoms with E-state index in [-0.39, 0.29) is 0 Å². The maximum atomic E-state index is 12.9. The molecule has 1 aromatic carbocycles. The topological polar surface area (TPSA) is 72.8 Å². The number of aliphatic hydroxyl groups is 1. The van der Waals surface area contributed by atoms with Crippen LogP contribution >= 0.6 is 11.6 Å². The fourth-order valence-electron chi connectivity index (χ4n) is 3.00. The number of aliphatic hydroxyl groups excluding tert-OH is 1. The number of hydrogen-bond donors (Lipinski definition) is 1. The summed E-state index contributed by atoms with van der Waals surface area (Å²) < 4.78 is 34.3. The van der Waals surface area contributed by atoms with Crippen molar-refractivity contribution in [1.82, 2.24) is 0 Å². The van der Waals surface area contributed by atoms with Crippen molar-refractivity contribution in [2.24, 2.45) is 0 Å². The molecule has 7 heteroatoms. The average molecular weight is 335 g/mol. The Morgan fingerprint density at radius 3 is 2.62 bits per heavy atom. The van der Waals surface area contributed by atoms with Gasteiger partial charge in [0.05, 0.1) is 6.61 Å². The SMILES string of the molecule is COC(OC)S(=O)(=O)[C@]1(CO)CCCc2cc(Cl)ccc21. The zero-order valence-electron chi connectivity index (χ0n) is 12.0. The predicted molar refractivity (Wildman–Crippen MR) is 79.9 cm³/mol. The number of benzene rings is 1. The minimum atomic E-state index is -3.90. The van der Waals surface area contributed by atoms with E-state index in [9.17, 15) is 13.5 Å². The molecule has 0 heterocycles. The highest BCUT2D eigenvalue weighted by Gasteiger charge is 2.51. The van der Waals surface area contributed by atoms with Crippen LogP contribution in [0.5, 0.6) is 0 Å². The monoisotopic (exact) mass is 334 g/mol. The molecule has 0 spiro atoms. The van der Waals surface area contributed by atoms with Gasteiger partial charge in [0.2, 0.25) is 9.84 Å². The number of methoxy groups -OCH3 is 2. The number of rotatable bonds is 5. The standard InChI is InChI=1S/C14H19ClO5S/c1-19-13(20-2)21(17,18)14(9-16)7-3-4-10-8-11(15)5-6-12(10)14/h5-6,8,13,16H,3-4,7,9H2,1-2H3/t14-/m0/s1. The molecule has 21 heavy (non-hydrogen) atoms. The molecular formula is C14H19ClO5S. The van der Waals surface area contributed by atoms with Crippen LogP contribution < -0.4 is 0 Å². The Hall–Kier alpha value is -0.660. The maximum absolute atomic E-state index is 12.9. The van der Waals surface area contributed by atoms with Crippen molar-refractivity contribution in [3.8, 4) is 0 Å². The number of fused-ring (bicyclic) bond motifs is 1. The smallest absolute Gasteiger partial charge is 0.263 e. The van der Waals surface area contributed by atoms with Gasteiger partial charge in [-0.15, -0.1) is 0 Å². The van der Waals surface area contributed by atoms with E-state index in [0.29, 0.717) is 23.4 Å². The fraction of sp³-hybridized carbons (Fsp3) is 0.571. The summed E-state index contributed by atoms with van der Waals surface area (Å²) >= 11 is 5.98. The average Bonchev–Trinajstić information content (AvgIpc) is 2.46. The Morgan fingerprint density at radius 1 is 1.38 bits per heavy atom. The summed E-state index contributed by atoms with van der Waals surface area (Å²) in [5.74, 6) is 0. The second-order valence-electron chi connectivity index (χ2n) is 5.11. The van der Waals surface area contributed by atoms with Gasteiger partial charge in [-0.05, 0) is 42.5 Å². The Labute approximate surface area is 129 Å². The molecule has 118 valence electrons. The molecule has 0 amide bonds. The highest BCUT2D eigenvalue weighted by Crippen LogP contribution is 2.44. The van der Waals surface area contributed by atoms with Crippen molar-refractivity contribution < 1.29 is 23.0 Å². The molecule has 1 aliphatic rings. The third-order valence-electron chi connectivity index (χ3n) is 4.02. The molecule has 0 saturated heterocycles. The van der Waals surface area contributed by atoms with E-state index >= 15 is 0 Å². The number of aryl methyl sites for hydroxylation is 1. The third-order valence-corrected chi connectivity index (χ3v) is 6.79. The Bertz CT molecular complexity index is 612. The van der Waals surface area contributed by atoms with Crippen LogP contribution in [-0.4, -0.2) is 40.0 Å². The number of halogens is 1. The quantitative estimate of drug-likeness (QED) is 0.832. The molecule has 1 aromatic rings. The molecule has 0 aliphatic heterocycles. The number of sulfone groups is 1. The molecule has 0 unspecified atom stereocenters. The van der Waals surface area contributed by atoms with Crippen LogP contribution in [0.1, 0.15) is 24.0 Å². The van der Waals surface area contributed by atoms with E-state index in [0.717, 1.165) is 12.0 Å². The van der Waals surface area contributed by atoms with E-state index in [2.05, 4.69) is 0 Å². The molecule has 0 bridgehead atoms. The van der Waals surface area contributed by atoms with Crippen LogP contribution in [0.3, 0.4) is 0 Å².